The van der Waals surface area contributed by atoms with E-state index in [0.29, 0.717) is 27.4 Å². The minimum Gasteiger partial charge on any atom is -0.344 e. The zero-order chi connectivity index (χ0) is 21.1. The highest BCUT2D eigenvalue weighted by molar-refractivity contribution is 7.99. The number of aryl methyl sites for hydroxylation is 2. The van der Waals surface area contributed by atoms with Crippen LogP contribution in [0.1, 0.15) is 27.2 Å². The second-order valence-electron chi connectivity index (χ2n) is 6.47. The fourth-order valence-corrected chi connectivity index (χ4v) is 5.08. The quantitative estimate of drug-likeness (QED) is 0.554. The topological polar surface area (TPSA) is 93.0 Å². The van der Waals surface area contributed by atoms with E-state index in [-0.39, 0.29) is 17.6 Å². The number of thiazole rings is 1. The van der Waals surface area contributed by atoms with Crippen LogP contribution in [0, 0.1) is 13.8 Å². The van der Waals surface area contributed by atoms with Crippen molar-refractivity contribution >= 4 is 51.4 Å². The van der Waals surface area contributed by atoms with E-state index in [2.05, 4.69) is 38.9 Å². The van der Waals surface area contributed by atoms with Crippen LogP contribution < -0.4 is 5.32 Å². The van der Waals surface area contributed by atoms with Crippen LogP contribution in [0.3, 0.4) is 0 Å². The summed E-state index contributed by atoms with van der Waals surface area (Å²) in [5, 5.41) is 14.5. The smallest absolute Gasteiger partial charge is 0.265 e. The molecule has 0 saturated carbocycles. The maximum Gasteiger partial charge on any atom is 0.265 e. The SMILES string of the molecule is CCn1c(SCC(=O)Nc2nc(C)c(C(=O)N(C)C)s2)nnc1-c1csc(C)c1. The average Bonchev–Trinajstić information content (AvgIpc) is 3.37. The highest BCUT2D eigenvalue weighted by Gasteiger charge is 2.19. The molecular formula is C18H22N6O2S3. The lowest BCUT2D eigenvalue weighted by atomic mass is 10.3. The third-order valence-electron chi connectivity index (χ3n) is 4.00. The molecule has 11 heteroatoms. The highest BCUT2D eigenvalue weighted by Crippen LogP contribution is 2.28. The number of amides is 2. The van der Waals surface area contributed by atoms with E-state index in [1.54, 1.807) is 32.4 Å². The molecule has 0 aromatic carbocycles. The first-order valence-corrected chi connectivity index (χ1v) is 11.6. The molecule has 3 rings (SSSR count). The summed E-state index contributed by atoms with van der Waals surface area (Å²) in [7, 11) is 3.37. The van der Waals surface area contributed by atoms with Gasteiger partial charge in [-0.05, 0) is 26.8 Å². The van der Waals surface area contributed by atoms with Crippen LogP contribution in [0.2, 0.25) is 0 Å². The van der Waals surface area contributed by atoms with Crippen molar-refractivity contribution in [2.24, 2.45) is 0 Å². The number of carbonyl (C=O) groups excluding carboxylic acids is 2. The summed E-state index contributed by atoms with van der Waals surface area (Å²) in [5.74, 6) is 0.659. The maximum absolute atomic E-state index is 12.4. The summed E-state index contributed by atoms with van der Waals surface area (Å²) in [6.45, 7) is 6.55. The Kier molecular flexibility index (Phi) is 6.70. The van der Waals surface area contributed by atoms with Crippen molar-refractivity contribution in [3.63, 3.8) is 0 Å². The standard InChI is InChI=1S/C18H22N6O2S3/c1-6-24-15(12-7-10(2)27-8-12)21-22-18(24)28-9-13(25)20-17-19-11(3)14(29-17)16(26)23(4)5/h7-8H,6,9H2,1-5H3,(H,19,20,25). The van der Waals surface area contributed by atoms with Crippen molar-refractivity contribution < 1.29 is 9.59 Å². The normalized spacial score (nSPS) is 10.9. The van der Waals surface area contributed by atoms with Crippen LogP contribution >= 0.6 is 34.4 Å². The Morgan fingerprint density at radius 2 is 2.03 bits per heavy atom. The van der Waals surface area contributed by atoms with Crippen molar-refractivity contribution in [2.45, 2.75) is 32.5 Å². The monoisotopic (exact) mass is 450 g/mol. The van der Waals surface area contributed by atoms with Gasteiger partial charge in [0, 0.05) is 36.5 Å². The Balaban J connectivity index is 1.65. The Morgan fingerprint density at radius 1 is 1.28 bits per heavy atom. The summed E-state index contributed by atoms with van der Waals surface area (Å²) < 4.78 is 2.00. The van der Waals surface area contributed by atoms with Gasteiger partial charge in [0.25, 0.3) is 5.91 Å². The van der Waals surface area contributed by atoms with E-state index in [4.69, 9.17) is 0 Å². The zero-order valence-electron chi connectivity index (χ0n) is 16.8. The highest BCUT2D eigenvalue weighted by atomic mass is 32.2. The first kappa shape index (κ1) is 21.5. The lowest BCUT2D eigenvalue weighted by Gasteiger charge is -2.07. The van der Waals surface area contributed by atoms with Crippen molar-refractivity contribution in [3.8, 4) is 11.4 Å². The molecule has 0 bridgehead atoms. The number of rotatable bonds is 7. The van der Waals surface area contributed by atoms with Gasteiger partial charge in [-0.25, -0.2) is 4.98 Å². The molecule has 2 amide bonds. The third kappa shape index (κ3) is 4.85. The van der Waals surface area contributed by atoms with Crippen LogP contribution in [0.15, 0.2) is 16.6 Å². The Labute approximate surface area is 181 Å². The maximum atomic E-state index is 12.4. The lowest BCUT2D eigenvalue weighted by Crippen LogP contribution is -2.21. The predicted octanol–water partition coefficient (Wildman–Crippen LogP) is 3.53. The van der Waals surface area contributed by atoms with Gasteiger partial charge in [-0.1, -0.05) is 23.1 Å². The largest absolute Gasteiger partial charge is 0.344 e. The summed E-state index contributed by atoms with van der Waals surface area (Å²) in [4.78, 5) is 32.0. The fourth-order valence-electron chi connectivity index (χ4n) is 2.59. The molecule has 0 aliphatic heterocycles. The molecule has 3 heterocycles. The van der Waals surface area contributed by atoms with Crippen molar-refractivity contribution in [3.05, 3.63) is 26.9 Å². The van der Waals surface area contributed by atoms with Gasteiger partial charge in [0.05, 0.1) is 11.4 Å². The van der Waals surface area contributed by atoms with Crippen molar-refractivity contribution in [1.82, 2.24) is 24.6 Å². The van der Waals surface area contributed by atoms with Gasteiger partial charge in [0.15, 0.2) is 16.1 Å². The van der Waals surface area contributed by atoms with Crippen LogP contribution in [-0.2, 0) is 11.3 Å². The van der Waals surface area contributed by atoms with Crippen LogP contribution in [0.4, 0.5) is 5.13 Å². The molecule has 0 spiro atoms. The molecule has 0 saturated heterocycles. The van der Waals surface area contributed by atoms with E-state index < -0.39 is 0 Å². The number of hydrogen-bond acceptors (Lipinski definition) is 8. The second-order valence-corrected chi connectivity index (χ2v) is 9.52. The molecule has 0 fully saturated rings. The molecule has 0 radical (unpaired) electrons. The Hall–Kier alpha value is -2.24. The molecular weight excluding hydrogens is 428 g/mol. The number of nitrogens with zero attached hydrogens (tertiary/aromatic N) is 5. The number of aromatic nitrogens is 4. The number of thioether (sulfide) groups is 1. The van der Waals surface area contributed by atoms with Crippen LogP contribution in [0.5, 0.6) is 0 Å². The van der Waals surface area contributed by atoms with Gasteiger partial charge in [-0.3, -0.25) is 9.59 Å². The lowest BCUT2D eigenvalue weighted by molar-refractivity contribution is -0.113. The third-order valence-corrected chi connectivity index (χ3v) is 6.89. The predicted molar refractivity (Wildman–Crippen MR) is 118 cm³/mol. The molecule has 0 aliphatic rings. The first-order chi connectivity index (χ1) is 13.8. The number of nitrogens with one attached hydrogen (secondary N) is 1. The molecule has 0 unspecified atom stereocenters. The van der Waals surface area contributed by atoms with Crippen LogP contribution in [0.25, 0.3) is 11.4 Å². The van der Waals surface area contributed by atoms with Gasteiger partial charge >= 0.3 is 0 Å². The van der Waals surface area contributed by atoms with E-state index in [1.165, 1.54) is 32.9 Å². The molecule has 3 aromatic rings. The van der Waals surface area contributed by atoms with E-state index >= 15 is 0 Å². The number of anilines is 1. The molecule has 1 N–H and O–H groups in total. The summed E-state index contributed by atoms with van der Waals surface area (Å²) in [6.07, 6.45) is 0. The molecule has 8 nitrogen and oxygen atoms in total. The minimum atomic E-state index is -0.203. The van der Waals surface area contributed by atoms with Gasteiger partial charge in [-0.2, -0.15) is 0 Å². The Morgan fingerprint density at radius 3 is 2.66 bits per heavy atom. The molecule has 0 aliphatic carbocycles. The summed E-state index contributed by atoms with van der Waals surface area (Å²) in [6, 6.07) is 2.08. The number of hydrogen-bond donors (Lipinski definition) is 1. The van der Waals surface area contributed by atoms with Crippen molar-refractivity contribution in [2.75, 3.05) is 25.2 Å². The Bertz CT molecular complexity index is 1040. The average molecular weight is 451 g/mol. The van der Waals surface area contributed by atoms with Gasteiger partial charge in [-0.15, -0.1) is 21.5 Å². The van der Waals surface area contributed by atoms with Gasteiger partial charge in [0.1, 0.15) is 4.88 Å². The molecule has 0 atom stereocenters. The minimum absolute atomic E-state index is 0.123. The van der Waals surface area contributed by atoms with E-state index in [9.17, 15) is 9.59 Å². The summed E-state index contributed by atoms with van der Waals surface area (Å²) in [5.41, 5.74) is 1.65. The van der Waals surface area contributed by atoms with E-state index in [1.807, 2.05) is 11.5 Å². The van der Waals surface area contributed by atoms with Gasteiger partial charge in [0.2, 0.25) is 5.91 Å². The van der Waals surface area contributed by atoms with E-state index in [0.717, 1.165) is 11.4 Å². The number of thiophene rings is 1. The molecule has 154 valence electrons. The second kappa shape index (κ2) is 9.06. The summed E-state index contributed by atoms with van der Waals surface area (Å²) >= 11 is 4.18. The van der Waals surface area contributed by atoms with Crippen LogP contribution in [-0.4, -0.2) is 56.3 Å². The van der Waals surface area contributed by atoms with Gasteiger partial charge < -0.3 is 14.8 Å². The molecule has 29 heavy (non-hydrogen) atoms. The fraction of sp³-hybridized carbons (Fsp3) is 0.389. The van der Waals surface area contributed by atoms with Crippen molar-refractivity contribution in [1.29, 1.82) is 0 Å². The first-order valence-electron chi connectivity index (χ1n) is 8.90. The molecule has 3 aromatic heterocycles. The number of carbonyl (C=O) groups is 2. The zero-order valence-corrected chi connectivity index (χ0v) is 19.3.